The van der Waals surface area contributed by atoms with E-state index in [4.69, 9.17) is 25.3 Å². The molecular weight excluding hydrogens is 430 g/mol. The molecule has 0 saturated heterocycles. The maximum Gasteiger partial charge on any atom is 0.225 e. The number of nitrogens with two attached hydrogens (primary N) is 1. The van der Waals surface area contributed by atoms with Crippen LogP contribution in [0.3, 0.4) is 0 Å². The number of benzene rings is 2. The zero-order valence-electron chi connectivity index (χ0n) is 18.8. The summed E-state index contributed by atoms with van der Waals surface area (Å²) in [7, 11) is 3.26. The molecule has 34 heavy (non-hydrogen) atoms. The number of nitrogen functional groups attached to an aromatic ring is 1. The van der Waals surface area contributed by atoms with Crippen LogP contribution in [-0.2, 0) is 6.54 Å². The molecule has 9 nitrogen and oxygen atoms in total. The van der Waals surface area contributed by atoms with Crippen LogP contribution in [0.15, 0.2) is 72.9 Å². The van der Waals surface area contributed by atoms with Crippen molar-refractivity contribution in [3.8, 4) is 28.4 Å². The van der Waals surface area contributed by atoms with Crippen molar-refractivity contribution in [2.45, 2.75) is 6.54 Å². The summed E-state index contributed by atoms with van der Waals surface area (Å²) >= 11 is 0. The minimum absolute atomic E-state index is 0.434. The van der Waals surface area contributed by atoms with E-state index in [9.17, 15) is 0 Å². The van der Waals surface area contributed by atoms with Crippen LogP contribution >= 0.6 is 0 Å². The number of hydrogen-bond donors (Lipinski definition) is 2. The van der Waals surface area contributed by atoms with Crippen LogP contribution in [0.2, 0.25) is 0 Å². The predicted molar refractivity (Wildman–Crippen MR) is 131 cm³/mol. The number of fused-ring (bicyclic) bond motifs is 1. The maximum absolute atomic E-state index is 6.58. The lowest BCUT2D eigenvalue weighted by Gasteiger charge is -2.09. The number of nitrogens with one attached hydrogen (secondary N) is 1. The molecule has 0 unspecified atom stereocenters. The van der Waals surface area contributed by atoms with Crippen molar-refractivity contribution in [1.29, 1.82) is 0 Å². The molecule has 9 heteroatoms. The van der Waals surface area contributed by atoms with Gasteiger partial charge < -0.3 is 20.5 Å². The number of methoxy groups -OCH3 is 2. The van der Waals surface area contributed by atoms with Gasteiger partial charge in [-0.1, -0.05) is 6.07 Å². The lowest BCUT2D eigenvalue weighted by Crippen LogP contribution is -2.06. The lowest BCUT2D eigenvalue weighted by molar-refractivity contribution is 0.414. The molecule has 5 rings (SSSR count). The van der Waals surface area contributed by atoms with E-state index in [-0.39, 0.29) is 0 Å². The van der Waals surface area contributed by atoms with Gasteiger partial charge in [0.25, 0.3) is 0 Å². The first kappa shape index (κ1) is 21.2. The van der Waals surface area contributed by atoms with Crippen LogP contribution in [0, 0.1) is 0 Å². The van der Waals surface area contributed by atoms with Gasteiger partial charge >= 0.3 is 0 Å². The molecule has 0 aliphatic rings. The third kappa shape index (κ3) is 4.06. The summed E-state index contributed by atoms with van der Waals surface area (Å²) in [5, 5.41) is 8.62. The molecule has 0 radical (unpaired) electrons. The van der Waals surface area contributed by atoms with Gasteiger partial charge in [0.1, 0.15) is 17.3 Å². The van der Waals surface area contributed by atoms with Crippen LogP contribution in [0.25, 0.3) is 28.0 Å². The number of aromatic nitrogens is 5. The van der Waals surface area contributed by atoms with Gasteiger partial charge in [-0.25, -0.2) is 9.67 Å². The molecule has 0 spiro atoms. The van der Waals surface area contributed by atoms with E-state index >= 15 is 0 Å². The first-order chi connectivity index (χ1) is 16.7. The number of pyridine rings is 1. The molecule has 3 aromatic heterocycles. The predicted octanol–water partition coefficient (Wildman–Crippen LogP) is 4.09. The van der Waals surface area contributed by atoms with Crippen molar-refractivity contribution in [2.24, 2.45) is 0 Å². The maximum atomic E-state index is 6.58. The first-order valence-electron chi connectivity index (χ1n) is 10.6. The molecule has 0 fully saturated rings. The topological polar surface area (TPSA) is 113 Å². The Morgan fingerprint density at radius 2 is 1.59 bits per heavy atom. The minimum atomic E-state index is 0.434. The first-order valence-corrected chi connectivity index (χ1v) is 10.6. The Kier molecular flexibility index (Phi) is 5.65. The van der Waals surface area contributed by atoms with Gasteiger partial charge in [0.05, 0.1) is 43.2 Å². The Morgan fingerprint density at radius 3 is 2.24 bits per heavy atom. The third-order valence-corrected chi connectivity index (χ3v) is 5.40. The fraction of sp³-hybridized carbons (Fsp3) is 0.120. The molecule has 3 N–H and O–H groups in total. The summed E-state index contributed by atoms with van der Waals surface area (Å²) in [5.74, 6) is 2.38. The molecule has 2 aromatic carbocycles. The third-order valence-electron chi connectivity index (χ3n) is 5.40. The van der Waals surface area contributed by atoms with E-state index in [2.05, 4.69) is 15.3 Å². The van der Waals surface area contributed by atoms with Crippen molar-refractivity contribution in [2.75, 3.05) is 25.3 Å². The van der Waals surface area contributed by atoms with Crippen LogP contribution in [0.1, 0.15) is 5.69 Å². The van der Waals surface area contributed by atoms with Gasteiger partial charge in [-0.3, -0.25) is 4.98 Å². The van der Waals surface area contributed by atoms with Crippen LogP contribution < -0.4 is 20.5 Å². The Balaban J connectivity index is 1.62. The van der Waals surface area contributed by atoms with Crippen molar-refractivity contribution < 1.29 is 9.47 Å². The SMILES string of the molecule is COc1ccc(-c2nc(NCc3ccccn3)nc3nn(-c4ccc(OC)cc4)c(N)c23)cc1. The van der Waals surface area contributed by atoms with E-state index in [0.717, 1.165) is 28.4 Å². The highest BCUT2D eigenvalue weighted by atomic mass is 16.5. The molecule has 170 valence electrons. The van der Waals surface area contributed by atoms with E-state index in [1.54, 1.807) is 25.1 Å². The van der Waals surface area contributed by atoms with Gasteiger partial charge in [0.15, 0.2) is 5.65 Å². The zero-order valence-corrected chi connectivity index (χ0v) is 18.8. The summed E-state index contributed by atoms with van der Waals surface area (Å²) in [6.45, 7) is 0.475. The zero-order chi connectivity index (χ0) is 23.5. The van der Waals surface area contributed by atoms with Gasteiger partial charge in [-0.15, -0.1) is 5.10 Å². The smallest absolute Gasteiger partial charge is 0.225 e. The summed E-state index contributed by atoms with van der Waals surface area (Å²) in [6, 6.07) is 20.9. The number of anilines is 2. The molecule has 0 atom stereocenters. The van der Waals surface area contributed by atoms with E-state index in [1.807, 2.05) is 66.7 Å². The van der Waals surface area contributed by atoms with Gasteiger partial charge in [-0.2, -0.15) is 4.98 Å². The molecular formula is C25H23N7O2. The molecule has 0 aliphatic heterocycles. The van der Waals surface area contributed by atoms with Crippen molar-refractivity contribution in [3.05, 3.63) is 78.6 Å². The normalized spacial score (nSPS) is 10.9. The fourth-order valence-electron chi connectivity index (χ4n) is 3.64. The molecule has 0 saturated carbocycles. The largest absolute Gasteiger partial charge is 0.497 e. The summed E-state index contributed by atoms with van der Waals surface area (Å²) in [6.07, 6.45) is 1.75. The highest BCUT2D eigenvalue weighted by Crippen LogP contribution is 2.33. The second kappa shape index (κ2) is 9.07. The minimum Gasteiger partial charge on any atom is -0.497 e. The second-order valence-electron chi connectivity index (χ2n) is 7.49. The standard InChI is InChI=1S/C25H23N7O2/c1-33-19-10-6-16(7-11-19)22-21-23(26)32(18-8-12-20(34-2)13-9-18)31-24(21)30-25(29-22)28-15-17-5-3-4-14-27-17/h3-14H,15,26H2,1-2H3,(H,28,30,31). The Morgan fingerprint density at radius 1 is 0.882 bits per heavy atom. The lowest BCUT2D eigenvalue weighted by atomic mass is 10.1. The average molecular weight is 454 g/mol. The molecule has 0 bridgehead atoms. The van der Waals surface area contributed by atoms with Crippen LogP contribution in [0.5, 0.6) is 11.5 Å². The van der Waals surface area contributed by atoms with E-state index in [1.165, 1.54) is 0 Å². The second-order valence-corrected chi connectivity index (χ2v) is 7.49. The van der Waals surface area contributed by atoms with Crippen molar-refractivity contribution in [1.82, 2.24) is 24.7 Å². The monoisotopic (exact) mass is 453 g/mol. The number of nitrogens with zero attached hydrogens (tertiary/aromatic N) is 5. The quantitative estimate of drug-likeness (QED) is 0.379. The fourth-order valence-corrected chi connectivity index (χ4v) is 3.64. The van der Waals surface area contributed by atoms with Crippen LogP contribution in [0.4, 0.5) is 11.8 Å². The molecule has 5 aromatic rings. The number of ether oxygens (including phenoxy) is 2. The summed E-state index contributed by atoms with van der Waals surface area (Å²) < 4.78 is 12.2. The Labute approximate surface area is 196 Å². The summed E-state index contributed by atoms with van der Waals surface area (Å²) in [5.41, 5.74) is 10.3. The van der Waals surface area contributed by atoms with E-state index in [0.29, 0.717) is 35.0 Å². The van der Waals surface area contributed by atoms with E-state index < -0.39 is 0 Å². The molecule has 0 aliphatic carbocycles. The Hall–Kier alpha value is -4.66. The molecule has 0 amide bonds. The highest BCUT2D eigenvalue weighted by molar-refractivity contribution is 5.99. The van der Waals surface area contributed by atoms with Crippen molar-refractivity contribution >= 4 is 22.8 Å². The number of hydrogen-bond acceptors (Lipinski definition) is 8. The Bertz CT molecular complexity index is 1420. The van der Waals surface area contributed by atoms with Crippen molar-refractivity contribution in [3.63, 3.8) is 0 Å². The molecule has 3 heterocycles. The van der Waals surface area contributed by atoms with Gasteiger partial charge in [-0.05, 0) is 60.7 Å². The van der Waals surface area contributed by atoms with Gasteiger partial charge in [0.2, 0.25) is 5.95 Å². The van der Waals surface area contributed by atoms with Gasteiger partial charge in [0, 0.05) is 11.8 Å². The summed E-state index contributed by atoms with van der Waals surface area (Å²) in [4.78, 5) is 13.8. The highest BCUT2D eigenvalue weighted by Gasteiger charge is 2.19. The number of rotatable bonds is 7. The van der Waals surface area contributed by atoms with Crippen LogP contribution in [-0.4, -0.2) is 39.0 Å². The average Bonchev–Trinajstić information content (AvgIpc) is 3.24.